The minimum Gasteiger partial charge on any atom is -0.348 e. The molecule has 0 atom stereocenters. The SMILES string of the molecule is Cc1ccc(-c2n[nH]c(=S)n2CC(=O)NCc2nc(-c3ccncc3)cs2)cc1. The summed E-state index contributed by atoms with van der Waals surface area (Å²) in [6.45, 7) is 2.47. The normalized spacial score (nSPS) is 10.8. The molecule has 9 heteroatoms. The molecule has 7 nitrogen and oxygen atoms in total. The van der Waals surface area contributed by atoms with Gasteiger partial charge in [0.1, 0.15) is 11.6 Å². The lowest BCUT2D eigenvalue weighted by Gasteiger charge is -2.07. The highest BCUT2D eigenvalue weighted by Gasteiger charge is 2.13. The van der Waals surface area contributed by atoms with Gasteiger partial charge in [0.25, 0.3) is 0 Å². The Labute approximate surface area is 176 Å². The average Bonchev–Trinajstić information content (AvgIpc) is 3.35. The molecule has 29 heavy (non-hydrogen) atoms. The summed E-state index contributed by atoms with van der Waals surface area (Å²) in [6, 6.07) is 11.7. The van der Waals surface area contributed by atoms with Gasteiger partial charge in [0.15, 0.2) is 10.6 Å². The molecule has 4 rings (SSSR count). The van der Waals surface area contributed by atoms with E-state index in [2.05, 4.69) is 25.5 Å². The Kier molecular flexibility index (Phi) is 5.59. The number of rotatable bonds is 6. The van der Waals surface area contributed by atoms with E-state index in [-0.39, 0.29) is 12.5 Å². The number of thiazole rings is 1. The van der Waals surface area contributed by atoms with E-state index < -0.39 is 0 Å². The van der Waals surface area contributed by atoms with Crippen LogP contribution in [-0.4, -0.2) is 30.6 Å². The summed E-state index contributed by atoms with van der Waals surface area (Å²) < 4.78 is 2.10. The van der Waals surface area contributed by atoms with Gasteiger partial charge in [-0.05, 0) is 31.3 Å². The highest BCUT2D eigenvalue weighted by atomic mass is 32.1. The van der Waals surface area contributed by atoms with Crippen molar-refractivity contribution in [3.8, 4) is 22.6 Å². The Morgan fingerprint density at radius 2 is 1.93 bits per heavy atom. The molecule has 0 aliphatic rings. The molecule has 0 saturated carbocycles. The lowest BCUT2D eigenvalue weighted by molar-refractivity contribution is -0.121. The van der Waals surface area contributed by atoms with E-state index >= 15 is 0 Å². The van der Waals surface area contributed by atoms with Crippen molar-refractivity contribution in [2.45, 2.75) is 20.0 Å². The molecule has 0 saturated heterocycles. The predicted molar refractivity (Wildman–Crippen MR) is 115 cm³/mol. The third-order valence-electron chi connectivity index (χ3n) is 4.33. The molecule has 1 amide bonds. The molecule has 0 unspecified atom stereocenters. The number of aryl methyl sites for hydroxylation is 1. The topological polar surface area (TPSA) is 88.5 Å². The summed E-state index contributed by atoms with van der Waals surface area (Å²) in [5.41, 5.74) is 3.93. The third kappa shape index (κ3) is 4.47. The van der Waals surface area contributed by atoms with E-state index in [4.69, 9.17) is 12.2 Å². The van der Waals surface area contributed by atoms with Crippen LogP contribution in [0.1, 0.15) is 10.6 Å². The van der Waals surface area contributed by atoms with Crippen LogP contribution in [0.5, 0.6) is 0 Å². The number of nitrogens with zero attached hydrogens (tertiary/aromatic N) is 4. The van der Waals surface area contributed by atoms with Crippen LogP contribution in [0.3, 0.4) is 0 Å². The molecule has 2 N–H and O–H groups in total. The molecule has 0 radical (unpaired) electrons. The maximum atomic E-state index is 12.5. The molecular formula is C20H18N6OS2. The second-order valence-corrected chi connectivity index (χ2v) is 7.77. The minimum atomic E-state index is -0.156. The van der Waals surface area contributed by atoms with Crippen LogP contribution in [0.2, 0.25) is 0 Å². The van der Waals surface area contributed by atoms with Gasteiger partial charge in [0.05, 0.1) is 12.2 Å². The molecule has 0 fully saturated rings. The number of hydrogen-bond donors (Lipinski definition) is 2. The molecule has 3 aromatic heterocycles. The second-order valence-electron chi connectivity index (χ2n) is 6.44. The maximum Gasteiger partial charge on any atom is 0.240 e. The Hall–Kier alpha value is -3.17. The zero-order valence-electron chi connectivity index (χ0n) is 15.6. The molecule has 0 bridgehead atoms. The van der Waals surface area contributed by atoms with E-state index in [9.17, 15) is 4.79 Å². The van der Waals surface area contributed by atoms with Gasteiger partial charge in [-0.2, -0.15) is 5.10 Å². The van der Waals surface area contributed by atoms with Crippen LogP contribution in [0.15, 0.2) is 54.2 Å². The largest absolute Gasteiger partial charge is 0.348 e. The number of aromatic nitrogens is 5. The number of nitrogens with one attached hydrogen (secondary N) is 2. The van der Waals surface area contributed by atoms with Crippen LogP contribution in [-0.2, 0) is 17.9 Å². The number of carbonyl (C=O) groups is 1. The minimum absolute atomic E-state index is 0.0845. The van der Waals surface area contributed by atoms with Crippen LogP contribution in [0, 0.1) is 11.7 Å². The van der Waals surface area contributed by atoms with Gasteiger partial charge in [-0.1, -0.05) is 29.8 Å². The van der Waals surface area contributed by atoms with Crippen molar-refractivity contribution in [1.82, 2.24) is 30.0 Å². The first-order valence-electron chi connectivity index (χ1n) is 8.94. The summed E-state index contributed by atoms with van der Waals surface area (Å²) in [5.74, 6) is 0.482. The summed E-state index contributed by atoms with van der Waals surface area (Å²) in [6.07, 6.45) is 3.46. The average molecular weight is 423 g/mol. The zero-order chi connectivity index (χ0) is 20.2. The van der Waals surface area contributed by atoms with Gasteiger partial charge in [0.2, 0.25) is 5.91 Å². The van der Waals surface area contributed by atoms with Gasteiger partial charge < -0.3 is 5.32 Å². The Balaban J connectivity index is 1.42. The summed E-state index contributed by atoms with van der Waals surface area (Å²) in [5, 5.41) is 12.8. The molecule has 0 aliphatic carbocycles. The highest BCUT2D eigenvalue weighted by molar-refractivity contribution is 7.71. The van der Waals surface area contributed by atoms with Crippen molar-refractivity contribution in [1.29, 1.82) is 0 Å². The fraction of sp³-hybridized carbons (Fsp3) is 0.150. The number of pyridine rings is 1. The van der Waals surface area contributed by atoms with Gasteiger partial charge >= 0.3 is 0 Å². The molecular weight excluding hydrogens is 404 g/mol. The number of aromatic amines is 1. The van der Waals surface area contributed by atoms with E-state index in [1.807, 2.05) is 48.7 Å². The lowest BCUT2D eigenvalue weighted by Crippen LogP contribution is -2.27. The van der Waals surface area contributed by atoms with E-state index in [0.717, 1.165) is 27.4 Å². The Morgan fingerprint density at radius 1 is 1.17 bits per heavy atom. The molecule has 0 aliphatic heterocycles. The summed E-state index contributed by atoms with van der Waals surface area (Å²) >= 11 is 6.81. The monoisotopic (exact) mass is 422 g/mol. The predicted octanol–water partition coefficient (Wildman–Crippen LogP) is 3.75. The second kappa shape index (κ2) is 8.46. The van der Waals surface area contributed by atoms with Gasteiger partial charge in [-0.25, -0.2) is 4.98 Å². The van der Waals surface area contributed by atoms with Crippen molar-refractivity contribution >= 4 is 29.5 Å². The van der Waals surface area contributed by atoms with Crippen LogP contribution in [0.25, 0.3) is 22.6 Å². The van der Waals surface area contributed by atoms with Gasteiger partial charge in [-0.15, -0.1) is 11.3 Å². The number of H-pyrrole nitrogens is 1. The van der Waals surface area contributed by atoms with Gasteiger partial charge in [0, 0.05) is 28.9 Å². The quantitative estimate of drug-likeness (QED) is 0.462. The van der Waals surface area contributed by atoms with Crippen LogP contribution >= 0.6 is 23.6 Å². The van der Waals surface area contributed by atoms with Crippen molar-refractivity contribution in [2.75, 3.05) is 0 Å². The fourth-order valence-corrected chi connectivity index (χ4v) is 3.75. The lowest BCUT2D eigenvalue weighted by atomic mass is 10.1. The first-order chi connectivity index (χ1) is 14.1. The highest BCUT2D eigenvalue weighted by Crippen LogP contribution is 2.21. The summed E-state index contributed by atoms with van der Waals surface area (Å²) in [7, 11) is 0. The standard InChI is InChI=1S/C20H18N6OS2/c1-13-2-4-15(5-3-13)19-24-25-20(28)26(19)11-17(27)22-10-18-23-16(12-29-18)14-6-8-21-9-7-14/h2-9,12H,10-11H2,1H3,(H,22,27)(H,25,28). The van der Waals surface area contributed by atoms with E-state index in [1.165, 1.54) is 11.3 Å². The van der Waals surface area contributed by atoms with Crippen LogP contribution in [0.4, 0.5) is 0 Å². The zero-order valence-corrected chi connectivity index (χ0v) is 17.3. The first kappa shape index (κ1) is 19.2. The van der Waals surface area contributed by atoms with Crippen molar-refractivity contribution in [3.05, 3.63) is 69.5 Å². The maximum absolute atomic E-state index is 12.5. The Morgan fingerprint density at radius 3 is 2.69 bits per heavy atom. The van der Waals surface area contributed by atoms with Gasteiger partial charge in [-0.3, -0.25) is 19.4 Å². The van der Waals surface area contributed by atoms with E-state index in [0.29, 0.717) is 17.1 Å². The van der Waals surface area contributed by atoms with Crippen molar-refractivity contribution in [3.63, 3.8) is 0 Å². The van der Waals surface area contributed by atoms with Crippen molar-refractivity contribution in [2.24, 2.45) is 0 Å². The molecule has 1 aromatic carbocycles. The number of hydrogen-bond acceptors (Lipinski definition) is 6. The fourth-order valence-electron chi connectivity index (χ4n) is 2.81. The number of benzene rings is 1. The van der Waals surface area contributed by atoms with Crippen LogP contribution < -0.4 is 5.32 Å². The molecule has 0 spiro atoms. The van der Waals surface area contributed by atoms with Crippen molar-refractivity contribution < 1.29 is 4.79 Å². The molecule has 146 valence electrons. The first-order valence-corrected chi connectivity index (χ1v) is 10.2. The smallest absolute Gasteiger partial charge is 0.240 e. The van der Waals surface area contributed by atoms with E-state index in [1.54, 1.807) is 17.0 Å². The molecule has 4 aromatic rings. The number of carbonyl (C=O) groups excluding carboxylic acids is 1. The molecule has 3 heterocycles. The Bertz CT molecular complexity index is 1180. The summed E-state index contributed by atoms with van der Waals surface area (Å²) in [4.78, 5) is 21.1. The number of amides is 1. The third-order valence-corrected chi connectivity index (χ3v) is 5.49.